The molecule has 268 valence electrons. The lowest BCUT2D eigenvalue weighted by Gasteiger charge is -2.35. The van der Waals surface area contributed by atoms with E-state index in [4.69, 9.17) is 21.1 Å². The van der Waals surface area contributed by atoms with Crippen LogP contribution in [0, 0.1) is 5.92 Å². The van der Waals surface area contributed by atoms with Crippen molar-refractivity contribution < 1.29 is 33.4 Å². The van der Waals surface area contributed by atoms with Gasteiger partial charge in [-0.3, -0.25) is 14.5 Å². The number of unbranched alkanes of at least 4 members (excludes halogenated alkanes) is 1. The third kappa shape index (κ3) is 6.60. The number of anilines is 3. The minimum absolute atomic E-state index is 0.0915. The van der Waals surface area contributed by atoms with Gasteiger partial charge >= 0.3 is 0 Å². The van der Waals surface area contributed by atoms with E-state index in [1.54, 1.807) is 35.0 Å². The van der Waals surface area contributed by atoms with E-state index in [0.717, 1.165) is 29.0 Å². The van der Waals surface area contributed by atoms with E-state index >= 15 is 4.11 Å². The van der Waals surface area contributed by atoms with Crippen molar-refractivity contribution in [2.75, 3.05) is 36.2 Å². The maximum atomic E-state index is 15.9. The third-order valence-corrected chi connectivity index (χ3v) is 13.1. The van der Waals surface area contributed by atoms with Crippen LogP contribution >= 0.6 is 11.6 Å². The number of halogens is 2. The van der Waals surface area contributed by atoms with Crippen LogP contribution in [0.5, 0.6) is 5.75 Å². The second-order valence-electron chi connectivity index (χ2n) is 14.0. The van der Waals surface area contributed by atoms with Crippen LogP contribution in [0.2, 0.25) is 23.7 Å². The van der Waals surface area contributed by atoms with Crippen LogP contribution in [0.3, 0.4) is 0 Å². The molecule has 1 saturated heterocycles. The summed E-state index contributed by atoms with van der Waals surface area (Å²) in [5.41, 5.74) is 2.52. The quantitative estimate of drug-likeness (QED) is 0.106. The molecular weight excluding hydrogens is 677 g/mol. The summed E-state index contributed by atoms with van der Waals surface area (Å²) in [6.45, 7) is 8.31. The summed E-state index contributed by atoms with van der Waals surface area (Å²) in [6.07, 6.45) is 1.52. The van der Waals surface area contributed by atoms with Crippen LogP contribution in [-0.2, 0) is 32.9 Å². The summed E-state index contributed by atoms with van der Waals surface area (Å²) in [6, 6.07) is 18.2. The van der Waals surface area contributed by atoms with Gasteiger partial charge < -0.3 is 34.0 Å². The second-order valence-corrected chi connectivity index (χ2v) is 18.3. The Kier molecular flexibility index (Phi) is 10.7. The summed E-state index contributed by atoms with van der Waals surface area (Å²) in [7, 11) is -3.33. The van der Waals surface area contributed by atoms with Gasteiger partial charge in [-0.05, 0) is 112 Å². The fourth-order valence-electron chi connectivity index (χ4n) is 8.27. The highest BCUT2D eigenvalue weighted by Gasteiger charge is 2.66. The van der Waals surface area contributed by atoms with Crippen molar-refractivity contribution in [1.82, 2.24) is 5.32 Å². The topological polar surface area (TPSA) is 112 Å². The molecule has 3 aliphatic rings. The molecule has 3 heterocycles. The van der Waals surface area contributed by atoms with Gasteiger partial charge in [0.25, 0.3) is 5.91 Å². The predicted octanol–water partition coefficient (Wildman–Crippen LogP) is 6.39. The average molecular weight is 724 g/mol. The number of carbonyl (C=O) groups excluding carboxylic acids is 2. The number of aliphatic hydroxyl groups excluding tert-OH is 2. The minimum atomic E-state index is -3.33. The van der Waals surface area contributed by atoms with Gasteiger partial charge in [0.2, 0.25) is 14.3 Å². The molecule has 1 fully saturated rings. The molecule has 3 N–H and O–H groups in total. The molecule has 6 rings (SSSR count). The second kappa shape index (κ2) is 14.7. The lowest BCUT2D eigenvalue weighted by Crippen LogP contribution is -2.49. The number of fused-ring (bicyclic) bond motifs is 3. The molecule has 3 aromatic rings. The summed E-state index contributed by atoms with van der Waals surface area (Å²) in [4.78, 5) is 32.2. The fraction of sp³-hybridized carbons (Fsp3) is 0.474. The van der Waals surface area contributed by atoms with Gasteiger partial charge in [-0.25, -0.2) is 0 Å². The molecule has 2 amide bonds. The molecule has 1 unspecified atom stereocenters. The van der Waals surface area contributed by atoms with E-state index in [1.165, 1.54) is 0 Å². The molecule has 1 spiro atoms. The zero-order chi connectivity index (χ0) is 35.8. The predicted molar refractivity (Wildman–Crippen MR) is 195 cm³/mol. The van der Waals surface area contributed by atoms with Crippen molar-refractivity contribution in [3.63, 3.8) is 0 Å². The lowest BCUT2D eigenvalue weighted by atomic mass is 9.82. The van der Waals surface area contributed by atoms with Gasteiger partial charge in [0.15, 0.2) is 5.60 Å². The first-order valence-electron chi connectivity index (χ1n) is 17.6. The highest BCUT2D eigenvalue weighted by Crippen LogP contribution is 2.60. The first-order valence-corrected chi connectivity index (χ1v) is 20.9. The average Bonchev–Trinajstić information content (AvgIpc) is 3.49. The Labute approximate surface area is 299 Å². The third-order valence-electron chi connectivity index (χ3n) is 10.4. The van der Waals surface area contributed by atoms with Gasteiger partial charge in [-0.2, -0.15) is 0 Å². The summed E-state index contributed by atoms with van der Waals surface area (Å²) in [5.74, 6) is -0.130. The van der Waals surface area contributed by atoms with Crippen molar-refractivity contribution in [3.8, 4) is 5.75 Å². The van der Waals surface area contributed by atoms with Crippen molar-refractivity contribution >= 4 is 48.9 Å². The van der Waals surface area contributed by atoms with Crippen LogP contribution in [0.15, 0.2) is 60.7 Å². The van der Waals surface area contributed by atoms with Crippen LogP contribution in [0.1, 0.15) is 49.8 Å². The number of hydrogen-bond donors (Lipinski definition) is 3. The van der Waals surface area contributed by atoms with Crippen LogP contribution in [0.4, 0.5) is 21.2 Å². The summed E-state index contributed by atoms with van der Waals surface area (Å²) < 4.78 is 28.3. The molecule has 0 aliphatic carbocycles. The molecule has 0 bridgehead atoms. The molecular formula is C38H47ClFN3O6Si. The first-order chi connectivity index (χ1) is 23.9. The largest absolute Gasteiger partial charge is 0.494 e. The lowest BCUT2D eigenvalue weighted by molar-refractivity contribution is -0.146. The Morgan fingerprint density at radius 3 is 2.56 bits per heavy atom. The Morgan fingerprint density at radius 2 is 1.84 bits per heavy atom. The molecule has 0 aromatic heterocycles. The molecule has 5 atom stereocenters. The molecule has 3 aliphatic heterocycles. The maximum absolute atomic E-state index is 15.9. The van der Waals surface area contributed by atoms with Crippen LogP contribution in [0.25, 0.3) is 0 Å². The molecule has 0 radical (unpaired) electrons. The fourth-order valence-corrected chi connectivity index (χ4v) is 11.0. The molecule has 9 nitrogen and oxygen atoms in total. The number of aliphatic hydroxyl groups is 2. The highest BCUT2D eigenvalue weighted by atomic mass is 35.5. The summed E-state index contributed by atoms with van der Waals surface area (Å²) in [5, 5.41) is 22.9. The van der Waals surface area contributed by atoms with E-state index in [9.17, 15) is 19.8 Å². The van der Waals surface area contributed by atoms with Crippen LogP contribution < -0.4 is 19.9 Å². The van der Waals surface area contributed by atoms with Crippen molar-refractivity contribution in [3.05, 3.63) is 82.4 Å². The van der Waals surface area contributed by atoms with E-state index in [0.29, 0.717) is 48.0 Å². The van der Waals surface area contributed by atoms with Crippen molar-refractivity contribution in [2.45, 2.75) is 82.5 Å². The monoisotopic (exact) mass is 723 g/mol. The number of carbonyl (C=O) groups is 2. The SMILES string of the molecule is CCOc1ccc2c(c1)CC(NCCCCO)C(=O)N2c1cccc(CN2C(=O)[C@@]3(O[C@@H](CCO)[C@H]([Si](C)(C)F)[C@H]3C)c3cc(Cl)ccc32)c1. The number of amides is 2. The van der Waals surface area contributed by atoms with E-state index in [2.05, 4.69) is 5.32 Å². The van der Waals surface area contributed by atoms with Gasteiger partial charge in [0, 0.05) is 40.9 Å². The zero-order valence-electron chi connectivity index (χ0n) is 29.1. The van der Waals surface area contributed by atoms with Crippen molar-refractivity contribution in [1.29, 1.82) is 0 Å². The minimum Gasteiger partial charge on any atom is -0.494 e. The van der Waals surface area contributed by atoms with Gasteiger partial charge in [0.1, 0.15) is 5.75 Å². The van der Waals surface area contributed by atoms with Gasteiger partial charge in [-0.1, -0.05) is 30.7 Å². The molecule has 3 aromatic carbocycles. The molecule has 50 heavy (non-hydrogen) atoms. The maximum Gasteiger partial charge on any atom is 0.264 e. The Hall–Kier alpha value is -3.32. The number of hydrogen-bond acceptors (Lipinski definition) is 7. The van der Waals surface area contributed by atoms with Gasteiger partial charge in [0.05, 0.1) is 36.7 Å². The zero-order valence-corrected chi connectivity index (χ0v) is 30.9. The number of ether oxygens (including phenoxy) is 2. The Balaban J connectivity index is 1.35. The Morgan fingerprint density at radius 1 is 1.06 bits per heavy atom. The number of nitrogens with one attached hydrogen (secondary N) is 1. The summed E-state index contributed by atoms with van der Waals surface area (Å²) >= 11 is 6.51. The standard InChI is InChI=1S/C38H47ClFN3O6Si/c1-5-48-29-12-14-32-26(20-29)21-31(41-16-6-7-17-44)36(46)43(32)28-10-8-9-25(19-28)23-42-33-13-11-27(39)22-30(33)38(37(42)47)24(2)35(50(3,4)40)34(49-38)15-18-45/h8-14,19-20,22,24,31,34-35,41,44-45H,5-7,15-18,21,23H2,1-4H3/t24-,31?,34+,35-,38+/m1/s1. The van der Waals surface area contributed by atoms with E-state index < -0.39 is 37.6 Å². The van der Waals surface area contributed by atoms with E-state index in [1.807, 2.05) is 62.4 Å². The molecule has 0 saturated carbocycles. The smallest absolute Gasteiger partial charge is 0.264 e. The normalized spacial score (nSPS) is 24.6. The number of rotatable bonds is 13. The van der Waals surface area contributed by atoms with Crippen molar-refractivity contribution in [2.24, 2.45) is 5.92 Å². The van der Waals surface area contributed by atoms with Gasteiger partial charge in [-0.15, -0.1) is 0 Å². The first kappa shape index (κ1) is 36.5. The molecule has 12 heteroatoms. The highest BCUT2D eigenvalue weighted by molar-refractivity contribution is 6.72. The number of benzene rings is 3. The number of nitrogens with zero attached hydrogens (tertiary/aromatic N) is 2. The Bertz CT molecular complexity index is 1740. The van der Waals surface area contributed by atoms with Crippen LogP contribution in [-0.4, -0.2) is 68.9 Å². The van der Waals surface area contributed by atoms with E-state index in [-0.39, 0.29) is 38.0 Å².